The minimum atomic E-state index is -0.517. The van der Waals surface area contributed by atoms with Crippen LogP contribution in [0.3, 0.4) is 0 Å². The topological polar surface area (TPSA) is 99.9 Å². The van der Waals surface area contributed by atoms with Crippen molar-refractivity contribution in [3.63, 3.8) is 0 Å². The summed E-state index contributed by atoms with van der Waals surface area (Å²) in [6, 6.07) is 6.34. The van der Waals surface area contributed by atoms with Gasteiger partial charge in [-0.3, -0.25) is 5.32 Å². The molecule has 1 heterocycles. The van der Waals surface area contributed by atoms with Crippen LogP contribution in [0.15, 0.2) is 30.6 Å². The second-order valence-corrected chi connectivity index (χ2v) is 5.26. The van der Waals surface area contributed by atoms with Crippen LogP contribution in [-0.2, 0) is 0 Å². The lowest BCUT2D eigenvalue weighted by molar-refractivity contribution is 0.261. The normalized spacial score (nSPS) is 9.88. The maximum absolute atomic E-state index is 12.1. The molecule has 0 bridgehead atoms. The fraction of sp³-hybridized carbons (Fsp3) is 0.250. The number of hydrogen-bond acceptors (Lipinski definition) is 5. The molecule has 8 heteroatoms. The highest BCUT2D eigenvalue weighted by Crippen LogP contribution is 2.28. The Bertz CT molecular complexity index is 743. The van der Waals surface area contributed by atoms with Gasteiger partial charge in [0.2, 0.25) is 0 Å². The molecule has 7 nitrogen and oxygen atoms in total. The fourth-order valence-corrected chi connectivity index (χ4v) is 1.94. The number of anilines is 2. The van der Waals surface area contributed by atoms with Crippen LogP contribution in [0.2, 0.25) is 5.02 Å². The first-order valence-corrected chi connectivity index (χ1v) is 7.72. The molecular weight excluding hydrogens is 330 g/mol. The molecule has 0 fully saturated rings. The number of amides is 2. The van der Waals surface area contributed by atoms with E-state index in [1.807, 2.05) is 6.07 Å². The van der Waals surface area contributed by atoms with Gasteiger partial charge < -0.3 is 10.1 Å². The zero-order valence-electron chi connectivity index (χ0n) is 13.0. The molecule has 1 aromatic heterocycles. The maximum Gasteiger partial charge on any atom is 0.325 e. The number of carbonyl (C=O) groups is 1. The van der Waals surface area contributed by atoms with E-state index in [9.17, 15) is 4.79 Å². The lowest BCUT2D eigenvalue weighted by Gasteiger charge is -2.13. The molecule has 2 amide bonds. The Balaban J connectivity index is 2.04. The summed E-state index contributed by atoms with van der Waals surface area (Å²) in [5.74, 6) is 0.760. The van der Waals surface area contributed by atoms with E-state index in [1.54, 1.807) is 18.2 Å². The fourth-order valence-electron chi connectivity index (χ4n) is 1.77. The lowest BCUT2D eigenvalue weighted by Crippen LogP contribution is -2.20. The van der Waals surface area contributed by atoms with Gasteiger partial charge in [0.15, 0.2) is 11.5 Å². The number of benzene rings is 1. The van der Waals surface area contributed by atoms with Crippen LogP contribution < -0.4 is 15.4 Å². The molecule has 0 aliphatic carbocycles. The number of halogens is 1. The van der Waals surface area contributed by atoms with E-state index in [2.05, 4.69) is 27.5 Å². The molecule has 0 spiro atoms. The molecule has 2 aromatic rings. The molecule has 0 radical (unpaired) electrons. The van der Waals surface area contributed by atoms with E-state index in [4.69, 9.17) is 21.6 Å². The third-order valence-electron chi connectivity index (χ3n) is 2.95. The highest BCUT2D eigenvalue weighted by molar-refractivity contribution is 6.31. The van der Waals surface area contributed by atoms with Crippen molar-refractivity contribution in [1.29, 1.82) is 5.26 Å². The Morgan fingerprint density at radius 1 is 1.33 bits per heavy atom. The predicted molar refractivity (Wildman–Crippen MR) is 91.2 cm³/mol. The van der Waals surface area contributed by atoms with E-state index in [0.717, 1.165) is 12.8 Å². The SMILES string of the molecule is CCCCOc1ccc(Cl)cc1NC(=O)Nc1cnc(C#N)cn1. The molecule has 2 N–H and O–H groups in total. The number of nitriles is 1. The molecule has 0 aliphatic rings. The second-order valence-electron chi connectivity index (χ2n) is 4.82. The van der Waals surface area contributed by atoms with Gasteiger partial charge in [0, 0.05) is 5.02 Å². The molecule has 0 unspecified atom stereocenters. The number of ether oxygens (including phenoxy) is 1. The van der Waals surface area contributed by atoms with Crippen LogP contribution >= 0.6 is 11.6 Å². The van der Waals surface area contributed by atoms with Crippen molar-refractivity contribution in [2.75, 3.05) is 17.2 Å². The second kappa shape index (κ2) is 8.70. The number of unbranched alkanes of at least 4 members (excludes halogenated alkanes) is 1. The molecule has 124 valence electrons. The van der Waals surface area contributed by atoms with Gasteiger partial charge in [-0.1, -0.05) is 24.9 Å². The zero-order valence-corrected chi connectivity index (χ0v) is 13.8. The molecule has 1 aromatic carbocycles. The van der Waals surface area contributed by atoms with E-state index in [1.165, 1.54) is 12.4 Å². The Kier molecular flexibility index (Phi) is 6.34. The lowest BCUT2D eigenvalue weighted by atomic mass is 10.3. The van der Waals surface area contributed by atoms with Crippen LogP contribution in [0.25, 0.3) is 0 Å². The number of urea groups is 1. The summed E-state index contributed by atoms with van der Waals surface area (Å²) in [7, 11) is 0. The quantitative estimate of drug-likeness (QED) is 0.775. The summed E-state index contributed by atoms with van der Waals surface area (Å²) in [6.45, 7) is 2.62. The molecule has 24 heavy (non-hydrogen) atoms. The van der Waals surface area contributed by atoms with Crippen molar-refractivity contribution < 1.29 is 9.53 Å². The molecule has 2 rings (SSSR count). The van der Waals surface area contributed by atoms with Crippen molar-refractivity contribution in [2.45, 2.75) is 19.8 Å². The number of nitrogens with zero attached hydrogens (tertiary/aromatic N) is 3. The van der Waals surface area contributed by atoms with Crippen LogP contribution in [0, 0.1) is 11.3 Å². The Hall–Kier alpha value is -2.85. The number of aromatic nitrogens is 2. The molecule has 0 saturated carbocycles. The van der Waals surface area contributed by atoms with Crippen LogP contribution in [0.5, 0.6) is 5.75 Å². The Morgan fingerprint density at radius 2 is 2.17 bits per heavy atom. The highest BCUT2D eigenvalue weighted by Gasteiger charge is 2.10. The summed E-state index contributed by atoms with van der Waals surface area (Å²) >= 11 is 5.97. The van der Waals surface area contributed by atoms with Crippen molar-refractivity contribution >= 4 is 29.1 Å². The van der Waals surface area contributed by atoms with Gasteiger partial charge >= 0.3 is 6.03 Å². The minimum absolute atomic E-state index is 0.169. The third-order valence-corrected chi connectivity index (χ3v) is 3.19. The first kappa shape index (κ1) is 17.5. The number of nitrogens with one attached hydrogen (secondary N) is 2. The van der Waals surface area contributed by atoms with E-state index < -0.39 is 6.03 Å². The monoisotopic (exact) mass is 345 g/mol. The van der Waals surface area contributed by atoms with Crippen molar-refractivity contribution in [3.05, 3.63) is 41.3 Å². The third kappa shape index (κ3) is 5.11. The average Bonchev–Trinajstić information content (AvgIpc) is 2.57. The highest BCUT2D eigenvalue weighted by atomic mass is 35.5. The zero-order chi connectivity index (χ0) is 17.4. The van der Waals surface area contributed by atoms with Crippen molar-refractivity contribution in [2.24, 2.45) is 0 Å². The Labute approximate surface area is 144 Å². The van der Waals surface area contributed by atoms with E-state index in [-0.39, 0.29) is 11.5 Å². The van der Waals surface area contributed by atoms with Gasteiger partial charge in [-0.05, 0) is 24.6 Å². The summed E-state index contributed by atoms with van der Waals surface area (Å²) in [4.78, 5) is 19.8. The van der Waals surface area contributed by atoms with Crippen LogP contribution in [-0.4, -0.2) is 22.6 Å². The van der Waals surface area contributed by atoms with Gasteiger partial charge in [-0.2, -0.15) is 5.26 Å². The minimum Gasteiger partial charge on any atom is -0.491 e. The van der Waals surface area contributed by atoms with Gasteiger partial charge in [-0.15, -0.1) is 0 Å². The van der Waals surface area contributed by atoms with Gasteiger partial charge in [0.1, 0.15) is 11.8 Å². The van der Waals surface area contributed by atoms with E-state index >= 15 is 0 Å². The first-order chi connectivity index (χ1) is 11.6. The molecule has 0 aliphatic heterocycles. The van der Waals surface area contributed by atoms with E-state index in [0.29, 0.717) is 23.1 Å². The molecular formula is C16H16ClN5O2. The van der Waals surface area contributed by atoms with Crippen LogP contribution in [0.4, 0.5) is 16.3 Å². The maximum atomic E-state index is 12.1. The average molecular weight is 346 g/mol. The van der Waals surface area contributed by atoms with Crippen molar-refractivity contribution in [3.8, 4) is 11.8 Å². The largest absolute Gasteiger partial charge is 0.491 e. The summed E-state index contributed by atoms with van der Waals surface area (Å²) in [5, 5.41) is 14.3. The smallest absolute Gasteiger partial charge is 0.325 e. The van der Waals surface area contributed by atoms with Gasteiger partial charge in [-0.25, -0.2) is 14.8 Å². The van der Waals surface area contributed by atoms with Crippen LogP contribution in [0.1, 0.15) is 25.5 Å². The van der Waals surface area contributed by atoms with Gasteiger partial charge in [0.05, 0.1) is 24.7 Å². The number of carbonyl (C=O) groups excluding carboxylic acids is 1. The molecule has 0 atom stereocenters. The van der Waals surface area contributed by atoms with Crippen molar-refractivity contribution in [1.82, 2.24) is 9.97 Å². The first-order valence-electron chi connectivity index (χ1n) is 7.35. The summed E-state index contributed by atoms with van der Waals surface area (Å²) in [6.07, 6.45) is 4.49. The summed E-state index contributed by atoms with van der Waals surface area (Å²) in [5.41, 5.74) is 0.625. The number of rotatable bonds is 6. The number of hydrogen-bond donors (Lipinski definition) is 2. The Morgan fingerprint density at radius 3 is 2.83 bits per heavy atom. The predicted octanol–water partition coefficient (Wildman–Crippen LogP) is 3.82. The molecule has 0 saturated heterocycles. The summed E-state index contributed by atoms with van der Waals surface area (Å²) < 4.78 is 5.65. The standard InChI is InChI=1S/C16H16ClN5O2/c1-2-3-6-24-14-5-4-11(17)7-13(14)21-16(23)22-15-10-19-12(8-18)9-20-15/h4-5,7,9-10H,2-3,6H2,1H3,(H2,20,21,22,23). The van der Waals surface area contributed by atoms with Gasteiger partial charge in [0.25, 0.3) is 0 Å².